The zero-order chi connectivity index (χ0) is 9.78. The number of nitrogens with zero attached hydrogens (tertiary/aromatic N) is 1. The molecule has 1 N–H and O–H groups in total. The van der Waals surface area contributed by atoms with E-state index < -0.39 is 0 Å². The van der Waals surface area contributed by atoms with Gasteiger partial charge < -0.3 is 5.32 Å². The van der Waals surface area contributed by atoms with Crippen LogP contribution in [0, 0.1) is 0 Å². The van der Waals surface area contributed by atoms with Crippen molar-refractivity contribution in [3.63, 3.8) is 0 Å². The molecular formula is C10H24N2. The van der Waals surface area contributed by atoms with Gasteiger partial charge in [0.2, 0.25) is 0 Å². The molecule has 0 aliphatic heterocycles. The van der Waals surface area contributed by atoms with Crippen LogP contribution >= 0.6 is 0 Å². The summed E-state index contributed by atoms with van der Waals surface area (Å²) in [6.07, 6.45) is 0. The van der Waals surface area contributed by atoms with Gasteiger partial charge in [0, 0.05) is 24.7 Å². The van der Waals surface area contributed by atoms with Crippen molar-refractivity contribution in [1.29, 1.82) is 0 Å². The van der Waals surface area contributed by atoms with Gasteiger partial charge in [-0.15, -0.1) is 0 Å². The van der Waals surface area contributed by atoms with Crippen molar-refractivity contribution in [1.82, 2.24) is 10.2 Å². The Balaban J connectivity index is 4.05. The average Bonchev–Trinajstić information content (AvgIpc) is 1.84. The van der Waals surface area contributed by atoms with E-state index in [0.29, 0.717) is 6.04 Å². The first kappa shape index (κ1) is 11.9. The lowest BCUT2D eigenvalue weighted by atomic mass is 10.0. The van der Waals surface area contributed by atoms with Crippen molar-refractivity contribution in [2.24, 2.45) is 0 Å². The van der Waals surface area contributed by atoms with Gasteiger partial charge in [-0.2, -0.15) is 0 Å². The van der Waals surface area contributed by atoms with Crippen molar-refractivity contribution in [2.75, 3.05) is 20.1 Å². The third kappa shape index (κ3) is 4.07. The van der Waals surface area contributed by atoms with Crippen molar-refractivity contribution < 1.29 is 0 Å². The van der Waals surface area contributed by atoms with E-state index in [4.69, 9.17) is 0 Å². The van der Waals surface area contributed by atoms with Gasteiger partial charge in [0.05, 0.1) is 0 Å². The zero-order valence-corrected chi connectivity index (χ0v) is 9.44. The number of likely N-dealkylation sites (N-methyl/N-ethyl adjacent to an activating group) is 1. The molecule has 0 unspecified atom stereocenters. The normalized spacial score (nSPS) is 13.0. The second-order valence-electron chi connectivity index (χ2n) is 4.56. The standard InChI is InChI=1S/C10H24N2/c1-9(2)12(8-7-11-6)10(3,4)5/h9,11H,7-8H2,1-6H3. The molecule has 2 heteroatoms. The van der Waals surface area contributed by atoms with Crippen LogP contribution in [-0.4, -0.2) is 36.6 Å². The highest BCUT2D eigenvalue weighted by molar-refractivity contribution is 4.79. The largest absolute Gasteiger partial charge is 0.318 e. The molecule has 0 spiro atoms. The fraction of sp³-hybridized carbons (Fsp3) is 1.00. The Morgan fingerprint density at radius 1 is 1.25 bits per heavy atom. The molecule has 0 rings (SSSR count). The van der Waals surface area contributed by atoms with E-state index in [0.717, 1.165) is 13.1 Å². The van der Waals surface area contributed by atoms with Crippen LogP contribution in [0.4, 0.5) is 0 Å². The average molecular weight is 172 g/mol. The summed E-state index contributed by atoms with van der Waals surface area (Å²) in [6, 6.07) is 0.623. The third-order valence-electron chi connectivity index (χ3n) is 2.09. The van der Waals surface area contributed by atoms with E-state index >= 15 is 0 Å². The Bertz CT molecular complexity index is 113. The van der Waals surface area contributed by atoms with Gasteiger partial charge in [-0.3, -0.25) is 4.90 Å². The first-order valence-electron chi connectivity index (χ1n) is 4.81. The van der Waals surface area contributed by atoms with Crippen LogP contribution in [-0.2, 0) is 0 Å². The van der Waals surface area contributed by atoms with E-state index in [1.807, 2.05) is 7.05 Å². The molecule has 0 atom stereocenters. The molecule has 0 bridgehead atoms. The van der Waals surface area contributed by atoms with E-state index in [9.17, 15) is 0 Å². The molecule has 0 aromatic heterocycles. The summed E-state index contributed by atoms with van der Waals surface area (Å²) in [7, 11) is 2.00. The number of rotatable bonds is 4. The molecule has 0 saturated heterocycles. The van der Waals surface area contributed by atoms with E-state index in [-0.39, 0.29) is 5.54 Å². The summed E-state index contributed by atoms with van der Waals surface area (Å²) in [4.78, 5) is 2.50. The first-order valence-corrected chi connectivity index (χ1v) is 4.81. The fourth-order valence-electron chi connectivity index (χ4n) is 1.60. The van der Waals surface area contributed by atoms with Gasteiger partial charge >= 0.3 is 0 Å². The van der Waals surface area contributed by atoms with Crippen LogP contribution in [0.5, 0.6) is 0 Å². The van der Waals surface area contributed by atoms with Gasteiger partial charge in [0.25, 0.3) is 0 Å². The molecule has 12 heavy (non-hydrogen) atoms. The van der Waals surface area contributed by atoms with Crippen LogP contribution in [0.15, 0.2) is 0 Å². The Hall–Kier alpha value is -0.0800. The monoisotopic (exact) mass is 172 g/mol. The van der Waals surface area contributed by atoms with Crippen LogP contribution in [0.3, 0.4) is 0 Å². The summed E-state index contributed by atoms with van der Waals surface area (Å²) in [6.45, 7) is 13.5. The first-order chi connectivity index (χ1) is 5.39. The zero-order valence-electron chi connectivity index (χ0n) is 9.44. The predicted molar refractivity (Wildman–Crippen MR) is 55.5 cm³/mol. The Kier molecular flexibility index (Phi) is 4.80. The van der Waals surface area contributed by atoms with Crippen molar-refractivity contribution >= 4 is 0 Å². The van der Waals surface area contributed by atoms with Gasteiger partial charge in [0.1, 0.15) is 0 Å². The van der Waals surface area contributed by atoms with Gasteiger partial charge in [0.15, 0.2) is 0 Å². The number of hydrogen-bond acceptors (Lipinski definition) is 2. The van der Waals surface area contributed by atoms with E-state index in [1.54, 1.807) is 0 Å². The highest BCUT2D eigenvalue weighted by Gasteiger charge is 2.22. The third-order valence-corrected chi connectivity index (χ3v) is 2.09. The molecule has 0 radical (unpaired) electrons. The predicted octanol–water partition coefficient (Wildman–Crippen LogP) is 1.71. The summed E-state index contributed by atoms with van der Waals surface area (Å²) in [5.74, 6) is 0. The number of hydrogen-bond donors (Lipinski definition) is 1. The van der Waals surface area contributed by atoms with Crippen molar-refractivity contribution in [2.45, 2.75) is 46.2 Å². The minimum absolute atomic E-state index is 0.283. The highest BCUT2D eigenvalue weighted by Crippen LogP contribution is 2.15. The molecule has 0 aromatic carbocycles. The molecule has 0 aliphatic rings. The molecule has 2 nitrogen and oxygen atoms in total. The van der Waals surface area contributed by atoms with Gasteiger partial charge in [-0.05, 0) is 41.7 Å². The van der Waals surface area contributed by atoms with Crippen LogP contribution in [0.1, 0.15) is 34.6 Å². The Morgan fingerprint density at radius 3 is 2.00 bits per heavy atom. The topological polar surface area (TPSA) is 15.3 Å². The second kappa shape index (κ2) is 4.83. The quantitative estimate of drug-likeness (QED) is 0.694. The molecule has 0 heterocycles. The molecule has 0 amide bonds. The summed E-state index contributed by atoms with van der Waals surface area (Å²) >= 11 is 0. The van der Waals surface area contributed by atoms with E-state index in [2.05, 4.69) is 44.8 Å². The summed E-state index contributed by atoms with van der Waals surface area (Å²) < 4.78 is 0. The summed E-state index contributed by atoms with van der Waals surface area (Å²) in [5.41, 5.74) is 0.283. The lowest BCUT2D eigenvalue weighted by Gasteiger charge is -2.38. The van der Waals surface area contributed by atoms with Crippen LogP contribution in [0.2, 0.25) is 0 Å². The molecular weight excluding hydrogens is 148 g/mol. The maximum atomic E-state index is 3.18. The molecule has 0 aliphatic carbocycles. The van der Waals surface area contributed by atoms with Crippen LogP contribution in [0.25, 0.3) is 0 Å². The highest BCUT2D eigenvalue weighted by atomic mass is 15.2. The second-order valence-corrected chi connectivity index (χ2v) is 4.56. The SMILES string of the molecule is CNCCN(C(C)C)C(C)(C)C. The summed E-state index contributed by atoms with van der Waals surface area (Å²) in [5, 5.41) is 3.18. The maximum Gasteiger partial charge on any atom is 0.0128 e. The molecule has 74 valence electrons. The van der Waals surface area contributed by atoms with Gasteiger partial charge in [-0.25, -0.2) is 0 Å². The smallest absolute Gasteiger partial charge is 0.0128 e. The van der Waals surface area contributed by atoms with Crippen molar-refractivity contribution in [3.05, 3.63) is 0 Å². The maximum absolute atomic E-state index is 3.18. The van der Waals surface area contributed by atoms with Crippen molar-refractivity contribution in [3.8, 4) is 0 Å². The molecule has 0 aromatic rings. The minimum Gasteiger partial charge on any atom is -0.318 e. The van der Waals surface area contributed by atoms with Gasteiger partial charge in [-0.1, -0.05) is 0 Å². The number of nitrogens with one attached hydrogen (secondary N) is 1. The minimum atomic E-state index is 0.283. The van der Waals surface area contributed by atoms with E-state index in [1.165, 1.54) is 0 Å². The Morgan fingerprint density at radius 2 is 1.75 bits per heavy atom. The molecule has 0 fully saturated rings. The lowest BCUT2D eigenvalue weighted by Crippen LogP contribution is -2.48. The molecule has 0 saturated carbocycles. The van der Waals surface area contributed by atoms with Crippen LogP contribution < -0.4 is 5.32 Å². The lowest BCUT2D eigenvalue weighted by molar-refractivity contribution is 0.101. The Labute approximate surface area is 77.3 Å². The fourth-order valence-corrected chi connectivity index (χ4v) is 1.60.